The van der Waals surface area contributed by atoms with Crippen LogP contribution in [-0.4, -0.2) is 14.8 Å². The molecule has 0 aliphatic rings. The van der Waals surface area contributed by atoms with Crippen molar-refractivity contribution in [2.24, 2.45) is 7.05 Å². The van der Waals surface area contributed by atoms with Crippen molar-refractivity contribution in [2.45, 2.75) is 0 Å². The Morgan fingerprint density at radius 3 is 2.65 bits per heavy atom. The van der Waals surface area contributed by atoms with Crippen LogP contribution in [0.2, 0.25) is 0 Å². The summed E-state index contributed by atoms with van der Waals surface area (Å²) in [6.45, 7) is 0. The molecule has 3 nitrogen and oxygen atoms in total. The van der Waals surface area contributed by atoms with E-state index in [1.165, 1.54) is 0 Å². The average molecular weight is 241 g/mol. The number of benzene rings is 1. The Kier molecular flexibility index (Phi) is 2.49. The van der Waals surface area contributed by atoms with Gasteiger partial charge in [0.05, 0.1) is 11.4 Å². The molecule has 0 unspecified atom stereocenters. The van der Waals surface area contributed by atoms with Gasteiger partial charge in [0.25, 0.3) is 0 Å². The summed E-state index contributed by atoms with van der Waals surface area (Å²) in [5, 5.41) is 7.24. The fourth-order valence-electron chi connectivity index (χ4n) is 1.72. The van der Waals surface area contributed by atoms with Gasteiger partial charge in [-0.05, 0) is 6.07 Å². The minimum atomic E-state index is 1.00. The van der Waals surface area contributed by atoms with Crippen molar-refractivity contribution < 1.29 is 0 Å². The Balaban J connectivity index is 2.02. The molecule has 0 bridgehead atoms. The van der Waals surface area contributed by atoms with E-state index in [0.717, 1.165) is 22.0 Å². The molecule has 0 spiro atoms. The first-order valence-corrected chi connectivity index (χ1v) is 6.22. The van der Waals surface area contributed by atoms with Gasteiger partial charge >= 0.3 is 0 Å². The van der Waals surface area contributed by atoms with E-state index in [1.54, 1.807) is 17.5 Å². The summed E-state index contributed by atoms with van der Waals surface area (Å²) >= 11 is 1.64. The van der Waals surface area contributed by atoms with Crippen molar-refractivity contribution in [1.82, 2.24) is 14.8 Å². The highest BCUT2D eigenvalue weighted by atomic mass is 32.1. The van der Waals surface area contributed by atoms with Gasteiger partial charge in [0.1, 0.15) is 5.01 Å². The molecule has 1 aromatic carbocycles. The molecule has 0 amide bonds. The van der Waals surface area contributed by atoms with E-state index in [1.807, 2.05) is 36.0 Å². The Bertz CT molecular complexity index is 625. The molecule has 84 valence electrons. The van der Waals surface area contributed by atoms with Gasteiger partial charge in [0, 0.05) is 24.2 Å². The first-order valence-electron chi connectivity index (χ1n) is 5.34. The molecule has 3 aromatic rings. The van der Waals surface area contributed by atoms with E-state index >= 15 is 0 Å². The molecule has 0 fully saturated rings. The predicted octanol–water partition coefficient (Wildman–Crippen LogP) is 3.21. The second kappa shape index (κ2) is 4.14. The van der Waals surface area contributed by atoms with Crippen LogP contribution in [-0.2, 0) is 7.05 Å². The van der Waals surface area contributed by atoms with Crippen LogP contribution in [0.4, 0.5) is 0 Å². The SMILES string of the molecule is Cn1nccc1-c1nc(-c2ccccc2)cs1. The zero-order valence-electron chi connectivity index (χ0n) is 9.37. The van der Waals surface area contributed by atoms with Gasteiger partial charge in [-0.25, -0.2) is 4.98 Å². The Labute approximate surface area is 103 Å². The van der Waals surface area contributed by atoms with Crippen LogP contribution in [0, 0.1) is 0 Å². The Morgan fingerprint density at radius 2 is 1.94 bits per heavy atom. The lowest BCUT2D eigenvalue weighted by atomic mass is 10.2. The maximum atomic E-state index is 4.64. The molecule has 0 saturated carbocycles. The fourth-order valence-corrected chi connectivity index (χ4v) is 2.60. The lowest BCUT2D eigenvalue weighted by Crippen LogP contribution is -1.92. The molecule has 0 aliphatic heterocycles. The van der Waals surface area contributed by atoms with Gasteiger partial charge in [-0.1, -0.05) is 30.3 Å². The lowest BCUT2D eigenvalue weighted by molar-refractivity contribution is 0.775. The number of hydrogen-bond acceptors (Lipinski definition) is 3. The van der Waals surface area contributed by atoms with E-state index in [4.69, 9.17) is 0 Å². The van der Waals surface area contributed by atoms with E-state index in [2.05, 4.69) is 27.6 Å². The van der Waals surface area contributed by atoms with Crippen LogP contribution >= 0.6 is 11.3 Å². The summed E-state index contributed by atoms with van der Waals surface area (Å²) in [4.78, 5) is 4.64. The number of aromatic nitrogens is 3. The van der Waals surface area contributed by atoms with Crippen molar-refractivity contribution in [3.05, 3.63) is 48.0 Å². The Hall–Kier alpha value is -1.94. The fraction of sp³-hybridized carbons (Fsp3) is 0.0769. The first-order chi connectivity index (χ1) is 8.34. The van der Waals surface area contributed by atoms with Crippen molar-refractivity contribution in [2.75, 3.05) is 0 Å². The normalized spacial score (nSPS) is 10.6. The van der Waals surface area contributed by atoms with E-state index in [-0.39, 0.29) is 0 Å². The smallest absolute Gasteiger partial charge is 0.142 e. The average Bonchev–Trinajstić information content (AvgIpc) is 2.98. The summed E-state index contributed by atoms with van der Waals surface area (Å²) in [7, 11) is 1.93. The van der Waals surface area contributed by atoms with Gasteiger partial charge in [-0.2, -0.15) is 5.10 Å². The lowest BCUT2D eigenvalue weighted by Gasteiger charge is -1.96. The second-order valence-electron chi connectivity index (χ2n) is 3.74. The molecule has 2 heterocycles. The van der Waals surface area contributed by atoms with Crippen LogP contribution in [0.25, 0.3) is 22.0 Å². The third-order valence-corrected chi connectivity index (χ3v) is 3.48. The van der Waals surface area contributed by atoms with Crippen LogP contribution in [0.5, 0.6) is 0 Å². The molecule has 0 N–H and O–H groups in total. The molecule has 2 aromatic heterocycles. The van der Waals surface area contributed by atoms with Gasteiger partial charge in [0.15, 0.2) is 0 Å². The molecule has 0 radical (unpaired) electrons. The van der Waals surface area contributed by atoms with Gasteiger partial charge in [-0.15, -0.1) is 11.3 Å². The number of nitrogens with zero attached hydrogens (tertiary/aromatic N) is 3. The number of aryl methyl sites for hydroxylation is 1. The highest BCUT2D eigenvalue weighted by molar-refractivity contribution is 7.13. The van der Waals surface area contributed by atoms with Crippen molar-refractivity contribution in [3.8, 4) is 22.0 Å². The first kappa shape index (κ1) is 10.2. The van der Waals surface area contributed by atoms with Crippen LogP contribution in [0.3, 0.4) is 0 Å². The van der Waals surface area contributed by atoms with Crippen molar-refractivity contribution in [1.29, 1.82) is 0 Å². The zero-order valence-corrected chi connectivity index (χ0v) is 10.2. The standard InChI is InChI=1S/C13H11N3S/c1-16-12(7-8-14-16)13-15-11(9-17-13)10-5-3-2-4-6-10/h2-9H,1H3. The second-order valence-corrected chi connectivity index (χ2v) is 4.60. The topological polar surface area (TPSA) is 30.7 Å². The quantitative estimate of drug-likeness (QED) is 0.689. The zero-order chi connectivity index (χ0) is 11.7. The van der Waals surface area contributed by atoms with Gasteiger partial charge in [-0.3, -0.25) is 4.68 Å². The third kappa shape index (κ3) is 1.87. The molecule has 0 saturated heterocycles. The van der Waals surface area contributed by atoms with Crippen LogP contribution in [0.1, 0.15) is 0 Å². The number of rotatable bonds is 2. The molecule has 3 rings (SSSR count). The molecule has 0 atom stereocenters. The monoisotopic (exact) mass is 241 g/mol. The van der Waals surface area contributed by atoms with Crippen LogP contribution < -0.4 is 0 Å². The van der Waals surface area contributed by atoms with Crippen molar-refractivity contribution >= 4 is 11.3 Å². The molecular weight excluding hydrogens is 230 g/mol. The van der Waals surface area contributed by atoms with Gasteiger partial charge < -0.3 is 0 Å². The molecule has 4 heteroatoms. The predicted molar refractivity (Wildman–Crippen MR) is 69.8 cm³/mol. The van der Waals surface area contributed by atoms with E-state index in [9.17, 15) is 0 Å². The molecule has 17 heavy (non-hydrogen) atoms. The van der Waals surface area contributed by atoms with Gasteiger partial charge in [0.2, 0.25) is 0 Å². The van der Waals surface area contributed by atoms with Crippen molar-refractivity contribution in [3.63, 3.8) is 0 Å². The summed E-state index contributed by atoms with van der Waals surface area (Å²) in [5.41, 5.74) is 3.22. The number of hydrogen-bond donors (Lipinski definition) is 0. The summed E-state index contributed by atoms with van der Waals surface area (Å²) in [5.74, 6) is 0. The number of thiazole rings is 1. The maximum absolute atomic E-state index is 4.64. The largest absolute Gasteiger partial charge is 0.266 e. The highest BCUT2D eigenvalue weighted by Crippen LogP contribution is 2.27. The summed E-state index contributed by atoms with van der Waals surface area (Å²) in [6.07, 6.45) is 1.79. The Morgan fingerprint density at radius 1 is 1.12 bits per heavy atom. The third-order valence-electron chi connectivity index (χ3n) is 2.61. The van der Waals surface area contributed by atoms with E-state index < -0.39 is 0 Å². The van der Waals surface area contributed by atoms with E-state index in [0.29, 0.717) is 0 Å². The molecule has 0 aliphatic carbocycles. The van der Waals surface area contributed by atoms with Crippen LogP contribution in [0.15, 0.2) is 48.0 Å². The summed E-state index contributed by atoms with van der Waals surface area (Å²) in [6, 6.07) is 12.2. The summed E-state index contributed by atoms with van der Waals surface area (Å²) < 4.78 is 1.84. The minimum absolute atomic E-state index is 1.00. The maximum Gasteiger partial charge on any atom is 0.142 e. The minimum Gasteiger partial charge on any atom is -0.266 e. The highest BCUT2D eigenvalue weighted by Gasteiger charge is 2.08. The molecular formula is C13H11N3S.